The summed E-state index contributed by atoms with van der Waals surface area (Å²) >= 11 is 0. The molecule has 1 rings (SSSR count). The summed E-state index contributed by atoms with van der Waals surface area (Å²) in [6, 6.07) is 5.37. The number of rotatable bonds is 8. The van der Waals surface area contributed by atoms with Gasteiger partial charge in [0.05, 0.1) is 26.2 Å². The molecule has 0 spiro atoms. The van der Waals surface area contributed by atoms with Gasteiger partial charge in [0, 0.05) is 0 Å². The monoisotopic (exact) mass is 278 g/mol. The highest BCUT2D eigenvalue weighted by Gasteiger charge is 2.01. The molecular formula is C15H18O5. The maximum absolute atomic E-state index is 10.4. The number of ether oxygens (including phenoxy) is 1. The van der Waals surface area contributed by atoms with E-state index in [1.54, 1.807) is 36.4 Å². The van der Waals surface area contributed by atoms with Crippen LogP contribution in [0.25, 0.3) is 12.2 Å². The predicted octanol–water partition coefficient (Wildman–Crippen LogP) is 1.55. The van der Waals surface area contributed by atoms with Crippen LogP contribution in [0, 0.1) is 0 Å². The molecule has 0 saturated heterocycles. The first-order valence-electron chi connectivity index (χ1n) is 6.20. The van der Waals surface area contributed by atoms with Gasteiger partial charge in [-0.2, -0.15) is 0 Å². The molecule has 1 aromatic carbocycles. The molecule has 20 heavy (non-hydrogen) atoms. The lowest BCUT2D eigenvalue weighted by molar-refractivity contribution is -0.137. The Labute approximate surface area is 117 Å². The molecule has 0 aliphatic heterocycles. The number of carboxylic acid groups (broad SMARTS) is 1. The third kappa shape index (κ3) is 6.17. The molecule has 0 atom stereocenters. The van der Waals surface area contributed by atoms with Crippen molar-refractivity contribution in [1.82, 2.24) is 0 Å². The van der Waals surface area contributed by atoms with Crippen LogP contribution in [0.5, 0.6) is 5.75 Å². The summed E-state index contributed by atoms with van der Waals surface area (Å²) in [4.78, 5) is 10.4. The smallest absolute Gasteiger partial charge is 0.306 e. The van der Waals surface area contributed by atoms with Gasteiger partial charge in [-0.25, -0.2) is 0 Å². The van der Waals surface area contributed by atoms with E-state index >= 15 is 0 Å². The summed E-state index contributed by atoms with van der Waals surface area (Å²) in [6.45, 7) is -0.0382. The molecule has 0 unspecified atom stereocenters. The topological polar surface area (TPSA) is 87.0 Å². The van der Waals surface area contributed by atoms with E-state index in [1.807, 2.05) is 6.07 Å². The van der Waals surface area contributed by atoms with Crippen LogP contribution >= 0.6 is 0 Å². The van der Waals surface area contributed by atoms with Crippen LogP contribution in [0.2, 0.25) is 0 Å². The minimum absolute atomic E-state index is 0.0636. The highest BCUT2D eigenvalue weighted by molar-refractivity contribution is 5.66. The molecule has 1 aromatic rings. The Hall–Kier alpha value is -2.11. The van der Waals surface area contributed by atoms with Crippen molar-refractivity contribution in [1.29, 1.82) is 0 Å². The lowest BCUT2D eigenvalue weighted by Crippen LogP contribution is -2.04. The number of hydrogen-bond donors (Lipinski definition) is 3. The number of carboxylic acids is 1. The van der Waals surface area contributed by atoms with Gasteiger partial charge in [-0.3, -0.25) is 4.79 Å². The molecule has 5 nitrogen and oxygen atoms in total. The molecule has 0 bridgehead atoms. The van der Waals surface area contributed by atoms with Crippen molar-refractivity contribution in [2.45, 2.75) is 6.42 Å². The van der Waals surface area contributed by atoms with E-state index in [1.165, 1.54) is 0 Å². The van der Waals surface area contributed by atoms with E-state index in [0.29, 0.717) is 5.75 Å². The van der Waals surface area contributed by atoms with Gasteiger partial charge in [-0.1, -0.05) is 24.3 Å². The zero-order valence-corrected chi connectivity index (χ0v) is 11.0. The van der Waals surface area contributed by atoms with Crippen molar-refractivity contribution >= 4 is 18.1 Å². The summed E-state index contributed by atoms with van der Waals surface area (Å²) < 4.78 is 5.38. The quantitative estimate of drug-likeness (QED) is 0.671. The van der Waals surface area contributed by atoms with Gasteiger partial charge in [0.1, 0.15) is 5.75 Å². The largest absolute Gasteiger partial charge is 0.493 e. The number of hydrogen-bond acceptors (Lipinski definition) is 4. The minimum Gasteiger partial charge on any atom is -0.493 e. The second-order valence-corrected chi connectivity index (χ2v) is 4.00. The second-order valence-electron chi connectivity index (χ2n) is 4.00. The Bertz CT molecular complexity index is 459. The summed E-state index contributed by atoms with van der Waals surface area (Å²) in [5.74, 6) is -0.370. The standard InChI is InChI=1S/C15H18O5/c16-6-1-3-12-9-13(4-2-7-17)11-14(10-12)20-8-5-15(18)19/h1-4,9-11,16-17H,5-8H2,(H,18,19)/b3-1+,4-2+. The molecule has 0 radical (unpaired) electrons. The second kappa shape index (κ2) is 8.90. The van der Waals surface area contributed by atoms with Crippen molar-refractivity contribution in [2.24, 2.45) is 0 Å². The van der Waals surface area contributed by atoms with Gasteiger partial charge < -0.3 is 20.1 Å². The van der Waals surface area contributed by atoms with Crippen LogP contribution in [-0.4, -0.2) is 41.1 Å². The number of carbonyl (C=O) groups is 1. The van der Waals surface area contributed by atoms with Crippen LogP contribution in [-0.2, 0) is 4.79 Å². The molecule has 0 heterocycles. The molecule has 5 heteroatoms. The lowest BCUT2D eigenvalue weighted by atomic mass is 10.1. The normalized spacial score (nSPS) is 11.3. The van der Waals surface area contributed by atoms with Gasteiger partial charge in [-0.15, -0.1) is 0 Å². The van der Waals surface area contributed by atoms with E-state index in [9.17, 15) is 4.79 Å². The van der Waals surface area contributed by atoms with Crippen molar-refractivity contribution in [3.63, 3.8) is 0 Å². The summed E-state index contributed by atoms with van der Waals surface area (Å²) in [5.41, 5.74) is 1.65. The van der Waals surface area contributed by atoms with Gasteiger partial charge >= 0.3 is 5.97 Å². The summed E-state index contributed by atoms with van der Waals surface area (Å²) in [6.07, 6.45) is 6.59. The van der Waals surface area contributed by atoms with Crippen molar-refractivity contribution in [2.75, 3.05) is 19.8 Å². The Morgan fingerprint density at radius 3 is 2.05 bits per heavy atom. The number of aliphatic hydroxyl groups excluding tert-OH is 2. The molecule has 0 saturated carbocycles. The van der Waals surface area contributed by atoms with Crippen molar-refractivity contribution in [3.8, 4) is 5.75 Å². The Morgan fingerprint density at radius 1 is 1.05 bits per heavy atom. The zero-order valence-electron chi connectivity index (χ0n) is 11.0. The molecule has 0 fully saturated rings. The molecule has 0 aromatic heterocycles. The van der Waals surface area contributed by atoms with Gasteiger partial charge in [-0.05, 0) is 29.3 Å². The van der Waals surface area contributed by atoms with E-state index in [0.717, 1.165) is 11.1 Å². The van der Waals surface area contributed by atoms with E-state index in [2.05, 4.69) is 0 Å². The maximum atomic E-state index is 10.4. The van der Waals surface area contributed by atoms with E-state index in [-0.39, 0.29) is 26.2 Å². The molecule has 0 aliphatic carbocycles. The van der Waals surface area contributed by atoms with Gasteiger partial charge in [0.15, 0.2) is 0 Å². The molecular weight excluding hydrogens is 260 g/mol. The van der Waals surface area contributed by atoms with Crippen molar-refractivity contribution < 1.29 is 24.9 Å². The first kappa shape index (κ1) is 15.9. The van der Waals surface area contributed by atoms with E-state index in [4.69, 9.17) is 20.1 Å². The summed E-state index contributed by atoms with van der Waals surface area (Å²) in [5, 5.41) is 26.1. The van der Waals surface area contributed by atoms with E-state index < -0.39 is 5.97 Å². The molecule has 3 N–H and O–H groups in total. The van der Waals surface area contributed by atoms with Gasteiger partial charge in [0.2, 0.25) is 0 Å². The zero-order chi connectivity index (χ0) is 14.8. The molecule has 108 valence electrons. The average molecular weight is 278 g/mol. The first-order valence-corrected chi connectivity index (χ1v) is 6.20. The Kier molecular flexibility index (Phi) is 7.10. The number of benzene rings is 1. The average Bonchev–Trinajstić information content (AvgIpc) is 2.42. The molecule has 0 aliphatic rings. The third-order valence-corrected chi connectivity index (χ3v) is 2.37. The van der Waals surface area contributed by atoms with Crippen molar-refractivity contribution in [3.05, 3.63) is 41.5 Å². The number of aliphatic carboxylic acids is 1. The maximum Gasteiger partial charge on any atom is 0.306 e. The van der Waals surface area contributed by atoms with Crippen LogP contribution in [0.3, 0.4) is 0 Å². The number of aliphatic hydroxyl groups is 2. The fraction of sp³-hybridized carbons (Fsp3) is 0.267. The van der Waals surface area contributed by atoms with Gasteiger partial charge in [0.25, 0.3) is 0 Å². The highest BCUT2D eigenvalue weighted by Crippen LogP contribution is 2.20. The van der Waals surface area contributed by atoms with Crippen LogP contribution in [0.1, 0.15) is 17.5 Å². The van der Waals surface area contributed by atoms with Crippen LogP contribution in [0.15, 0.2) is 30.4 Å². The lowest BCUT2D eigenvalue weighted by Gasteiger charge is -2.07. The molecule has 0 amide bonds. The fourth-order valence-corrected chi connectivity index (χ4v) is 1.56. The minimum atomic E-state index is -0.915. The highest BCUT2D eigenvalue weighted by atomic mass is 16.5. The Balaban J connectivity index is 2.87. The third-order valence-electron chi connectivity index (χ3n) is 2.37. The SMILES string of the molecule is O=C(O)CCOc1cc(/C=C/CO)cc(/C=C/CO)c1. The fourth-order valence-electron chi connectivity index (χ4n) is 1.56. The summed E-state index contributed by atoms with van der Waals surface area (Å²) in [7, 11) is 0. The predicted molar refractivity (Wildman–Crippen MR) is 76.4 cm³/mol. The van der Waals surface area contributed by atoms with Crippen LogP contribution in [0.4, 0.5) is 0 Å². The van der Waals surface area contributed by atoms with Crippen LogP contribution < -0.4 is 4.74 Å². The first-order chi connectivity index (χ1) is 9.65. The Morgan fingerprint density at radius 2 is 1.60 bits per heavy atom.